The average Bonchev–Trinajstić information content (AvgIpc) is 2.96. The van der Waals surface area contributed by atoms with E-state index in [4.69, 9.17) is 23.2 Å². The molecular formula is C22H22Cl2N2OS. The number of halogens is 2. The van der Waals surface area contributed by atoms with Gasteiger partial charge in [-0.25, -0.2) is 0 Å². The Hall–Kier alpha value is -1.80. The van der Waals surface area contributed by atoms with Crippen molar-refractivity contribution in [2.45, 2.75) is 40.0 Å². The van der Waals surface area contributed by atoms with Gasteiger partial charge in [0.05, 0.1) is 5.56 Å². The number of anilines is 1. The third-order valence-electron chi connectivity index (χ3n) is 5.22. The molecule has 0 aliphatic heterocycles. The van der Waals surface area contributed by atoms with Gasteiger partial charge in [0.25, 0.3) is 0 Å². The highest BCUT2D eigenvalue weighted by Crippen LogP contribution is 2.44. The summed E-state index contributed by atoms with van der Waals surface area (Å²) in [5.74, 6) is 0.300. The number of thiophene rings is 1. The Morgan fingerprint density at radius 3 is 2.75 bits per heavy atom. The van der Waals surface area contributed by atoms with Crippen molar-refractivity contribution in [3.05, 3.63) is 55.9 Å². The molecule has 1 amide bonds. The molecule has 1 aliphatic rings. The molecule has 0 saturated carbocycles. The summed E-state index contributed by atoms with van der Waals surface area (Å²) in [6.07, 6.45) is 5.99. The van der Waals surface area contributed by atoms with Crippen LogP contribution in [-0.2, 0) is 17.6 Å². The Kier molecular flexibility index (Phi) is 6.19. The van der Waals surface area contributed by atoms with Crippen LogP contribution in [0, 0.1) is 22.7 Å². The van der Waals surface area contributed by atoms with Crippen LogP contribution in [0.2, 0.25) is 10.0 Å². The number of rotatable bonds is 3. The number of nitrogens with zero attached hydrogens (tertiary/aromatic N) is 1. The summed E-state index contributed by atoms with van der Waals surface area (Å²) in [4.78, 5) is 13.6. The van der Waals surface area contributed by atoms with Crippen molar-refractivity contribution in [3.8, 4) is 6.07 Å². The Labute approximate surface area is 180 Å². The molecule has 1 aliphatic carbocycles. The first-order valence-corrected chi connectivity index (χ1v) is 10.7. The van der Waals surface area contributed by atoms with E-state index in [1.54, 1.807) is 24.3 Å². The third-order valence-corrected chi connectivity index (χ3v) is 6.95. The molecule has 0 radical (unpaired) electrons. The topological polar surface area (TPSA) is 52.9 Å². The van der Waals surface area contributed by atoms with Crippen LogP contribution in [0.1, 0.15) is 48.8 Å². The molecule has 146 valence electrons. The number of benzene rings is 1. The zero-order valence-electron chi connectivity index (χ0n) is 16.1. The fraction of sp³-hybridized carbons (Fsp3) is 0.364. The van der Waals surface area contributed by atoms with Gasteiger partial charge in [-0.1, -0.05) is 50.0 Å². The normalized spacial score (nSPS) is 16.6. The molecule has 3 nitrogen and oxygen atoms in total. The lowest BCUT2D eigenvalue weighted by molar-refractivity contribution is -0.111. The van der Waals surface area contributed by atoms with E-state index in [9.17, 15) is 10.1 Å². The molecule has 1 heterocycles. The smallest absolute Gasteiger partial charge is 0.249 e. The van der Waals surface area contributed by atoms with Gasteiger partial charge in [-0.05, 0) is 59.9 Å². The molecule has 28 heavy (non-hydrogen) atoms. The highest BCUT2D eigenvalue weighted by atomic mass is 35.5. The van der Waals surface area contributed by atoms with Gasteiger partial charge < -0.3 is 5.32 Å². The maximum atomic E-state index is 12.4. The summed E-state index contributed by atoms with van der Waals surface area (Å²) in [5, 5.41) is 14.2. The van der Waals surface area contributed by atoms with Gasteiger partial charge in [-0.3, -0.25) is 4.79 Å². The second-order valence-corrected chi connectivity index (χ2v) is 10.1. The van der Waals surface area contributed by atoms with Gasteiger partial charge in [0.2, 0.25) is 5.91 Å². The van der Waals surface area contributed by atoms with E-state index in [1.165, 1.54) is 22.3 Å². The van der Waals surface area contributed by atoms with Crippen LogP contribution >= 0.6 is 34.5 Å². The monoisotopic (exact) mass is 432 g/mol. The second-order valence-electron chi connectivity index (χ2n) is 8.11. The lowest BCUT2D eigenvalue weighted by atomic mass is 9.72. The lowest BCUT2D eigenvalue weighted by Gasteiger charge is -2.33. The highest BCUT2D eigenvalue weighted by Gasteiger charge is 2.32. The number of amides is 1. The van der Waals surface area contributed by atoms with E-state index in [-0.39, 0.29) is 11.3 Å². The molecule has 3 rings (SSSR count). The molecule has 1 N–H and O–H groups in total. The maximum absolute atomic E-state index is 12.4. The summed E-state index contributed by atoms with van der Waals surface area (Å²) in [6.45, 7) is 6.78. The molecule has 0 unspecified atom stereocenters. The highest BCUT2D eigenvalue weighted by molar-refractivity contribution is 7.16. The van der Waals surface area contributed by atoms with Gasteiger partial charge in [0.1, 0.15) is 11.1 Å². The summed E-state index contributed by atoms with van der Waals surface area (Å²) < 4.78 is 0. The number of nitriles is 1. The van der Waals surface area contributed by atoms with Gasteiger partial charge >= 0.3 is 0 Å². The van der Waals surface area contributed by atoms with Crippen molar-refractivity contribution in [1.29, 1.82) is 5.26 Å². The molecule has 0 saturated heterocycles. The predicted molar refractivity (Wildman–Crippen MR) is 118 cm³/mol. The van der Waals surface area contributed by atoms with Crippen LogP contribution in [0.15, 0.2) is 24.3 Å². The van der Waals surface area contributed by atoms with E-state index in [2.05, 4.69) is 32.2 Å². The molecule has 0 fully saturated rings. The molecule has 6 heteroatoms. The minimum atomic E-state index is -0.284. The van der Waals surface area contributed by atoms with E-state index in [0.717, 1.165) is 24.8 Å². The van der Waals surface area contributed by atoms with Crippen molar-refractivity contribution < 1.29 is 4.79 Å². The number of carbonyl (C=O) groups is 1. The molecular weight excluding hydrogens is 411 g/mol. The molecule has 2 aromatic rings. The van der Waals surface area contributed by atoms with Crippen LogP contribution in [0.3, 0.4) is 0 Å². The largest absolute Gasteiger partial charge is 0.313 e. The number of hydrogen-bond donors (Lipinski definition) is 1. The van der Waals surface area contributed by atoms with E-state index in [1.807, 2.05) is 0 Å². The van der Waals surface area contributed by atoms with Crippen molar-refractivity contribution in [2.24, 2.45) is 11.3 Å². The summed E-state index contributed by atoms with van der Waals surface area (Å²) in [6, 6.07) is 7.40. The van der Waals surface area contributed by atoms with E-state index in [0.29, 0.717) is 32.1 Å². The van der Waals surface area contributed by atoms with Crippen molar-refractivity contribution in [2.75, 3.05) is 5.32 Å². The standard InChI is InChI=1S/C22H22Cl2N2OS/c1-22(2,3)14-6-8-16-17(12-25)21(28-19(16)10-14)26-20(27)9-5-13-4-7-15(23)11-18(13)24/h4-5,7,9,11,14H,6,8,10H2,1-3H3,(H,26,27)/b9-5+/t14-/m0/s1. The molecule has 1 atom stereocenters. The fourth-order valence-corrected chi connectivity index (χ4v) is 5.24. The Bertz CT molecular complexity index is 980. The van der Waals surface area contributed by atoms with E-state index < -0.39 is 0 Å². The molecule has 0 spiro atoms. The third kappa shape index (κ3) is 4.60. The number of fused-ring (bicyclic) bond motifs is 1. The molecule has 0 bridgehead atoms. The zero-order valence-corrected chi connectivity index (χ0v) is 18.4. The van der Waals surface area contributed by atoms with Crippen LogP contribution in [0.25, 0.3) is 6.08 Å². The Morgan fingerprint density at radius 2 is 2.11 bits per heavy atom. The summed E-state index contributed by atoms with van der Waals surface area (Å²) >= 11 is 13.6. The quantitative estimate of drug-likeness (QED) is 0.546. The molecule has 1 aromatic carbocycles. The second kappa shape index (κ2) is 8.29. The minimum absolute atomic E-state index is 0.235. The first kappa shape index (κ1) is 20.9. The Morgan fingerprint density at radius 1 is 1.36 bits per heavy atom. The lowest BCUT2D eigenvalue weighted by Crippen LogP contribution is -2.26. The van der Waals surface area contributed by atoms with Crippen molar-refractivity contribution in [1.82, 2.24) is 0 Å². The number of nitrogens with one attached hydrogen (secondary N) is 1. The minimum Gasteiger partial charge on any atom is -0.313 e. The molecule has 1 aromatic heterocycles. The van der Waals surface area contributed by atoms with Crippen LogP contribution in [-0.4, -0.2) is 5.91 Å². The summed E-state index contributed by atoms with van der Waals surface area (Å²) in [7, 11) is 0. The fourth-order valence-electron chi connectivity index (χ4n) is 3.49. The first-order valence-electron chi connectivity index (χ1n) is 9.17. The predicted octanol–water partition coefficient (Wildman–Crippen LogP) is 6.73. The van der Waals surface area contributed by atoms with Crippen molar-refractivity contribution >= 4 is 51.5 Å². The number of carbonyl (C=O) groups excluding carboxylic acids is 1. The first-order chi connectivity index (χ1) is 13.2. The number of hydrogen-bond acceptors (Lipinski definition) is 3. The van der Waals surface area contributed by atoms with Crippen LogP contribution in [0.4, 0.5) is 5.00 Å². The SMILES string of the molecule is CC(C)(C)[C@H]1CCc2c(sc(NC(=O)/C=C/c3ccc(Cl)cc3Cl)c2C#N)C1. The Balaban J connectivity index is 1.78. The average molecular weight is 433 g/mol. The van der Waals surface area contributed by atoms with Gasteiger partial charge in [-0.15, -0.1) is 11.3 Å². The van der Waals surface area contributed by atoms with Crippen LogP contribution < -0.4 is 5.32 Å². The van der Waals surface area contributed by atoms with Crippen molar-refractivity contribution in [3.63, 3.8) is 0 Å². The van der Waals surface area contributed by atoms with Crippen LogP contribution in [0.5, 0.6) is 0 Å². The van der Waals surface area contributed by atoms with Gasteiger partial charge in [0.15, 0.2) is 0 Å². The van der Waals surface area contributed by atoms with E-state index >= 15 is 0 Å². The van der Waals surface area contributed by atoms with Gasteiger partial charge in [0, 0.05) is 21.0 Å². The zero-order chi connectivity index (χ0) is 20.5. The summed E-state index contributed by atoms with van der Waals surface area (Å²) in [5.41, 5.74) is 2.66. The van der Waals surface area contributed by atoms with Gasteiger partial charge in [-0.2, -0.15) is 5.26 Å². The maximum Gasteiger partial charge on any atom is 0.249 e.